The number of benzene rings is 1. The zero-order valence-corrected chi connectivity index (χ0v) is 15.4. The molecule has 2 saturated heterocycles. The molecule has 0 aliphatic carbocycles. The number of hydrogen-bond donors (Lipinski definition) is 0. The molecule has 136 valence electrons. The second kappa shape index (κ2) is 8.00. The lowest BCUT2D eigenvalue weighted by Gasteiger charge is -2.35. The van der Waals surface area contributed by atoms with E-state index in [2.05, 4.69) is 29.2 Å². The smallest absolute Gasteiger partial charge is 0.242 e. The Hall–Kier alpha value is -1.88. The first-order valence-corrected chi connectivity index (χ1v) is 9.35. The lowest BCUT2D eigenvalue weighted by molar-refractivity contribution is -0.139. The van der Waals surface area contributed by atoms with Crippen LogP contribution in [0, 0.1) is 0 Å². The standard InChI is InChI=1S/C20H29N3O2/c1-16(24)21(2)15-20(25)23-13-7-11-19(23)18-10-6-12-22(18)14-17-8-4-3-5-9-17/h3-5,8-9,18-19H,6-7,10-15H2,1-2H3. The number of likely N-dealkylation sites (N-methyl/N-ethyl adjacent to an activating group) is 1. The van der Waals surface area contributed by atoms with Crippen molar-refractivity contribution >= 4 is 11.8 Å². The van der Waals surface area contributed by atoms with Gasteiger partial charge < -0.3 is 9.80 Å². The van der Waals surface area contributed by atoms with E-state index in [1.807, 2.05) is 11.0 Å². The van der Waals surface area contributed by atoms with Gasteiger partial charge in [-0.1, -0.05) is 30.3 Å². The number of nitrogens with zero attached hydrogens (tertiary/aromatic N) is 3. The van der Waals surface area contributed by atoms with Crippen LogP contribution < -0.4 is 0 Å². The van der Waals surface area contributed by atoms with Crippen molar-refractivity contribution < 1.29 is 9.59 Å². The SMILES string of the molecule is CC(=O)N(C)CC(=O)N1CCCC1C1CCCN1Cc1ccccc1. The molecule has 2 fully saturated rings. The van der Waals surface area contributed by atoms with Crippen molar-refractivity contribution in [1.29, 1.82) is 0 Å². The van der Waals surface area contributed by atoms with E-state index in [1.54, 1.807) is 7.05 Å². The average molecular weight is 343 g/mol. The van der Waals surface area contributed by atoms with Crippen LogP contribution in [-0.2, 0) is 16.1 Å². The summed E-state index contributed by atoms with van der Waals surface area (Å²) >= 11 is 0. The van der Waals surface area contributed by atoms with Crippen LogP contribution in [0.4, 0.5) is 0 Å². The zero-order valence-electron chi connectivity index (χ0n) is 15.4. The van der Waals surface area contributed by atoms with Crippen LogP contribution in [-0.4, -0.2) is 65.3 Å². The van der Waals surface area contributed by atoms with Crippen LogP contribution in [0.1, 0.15) is 38.2 Å². The summed E-state index contributed by atoms with van der Waals surface area (Å²) < 4.78 is 0. The van der Waals surface area contributed by atoms with Crippen molar-refractivity contribution in [2.24, 2.45) is 0 Å². The summed E-state index contributed by atoms with van der Waals surface area (Å²) in [5, 5.41) is 0. The van der Waals surface area contributed by atoms with Gasteiger partial charge in [0.05, 0.1) is 6.54 Å². The molecule has 2 unspecified atom stereocenters. The Morgan fingerprint density at radius 1 is 1.08 bits per heavy atom. The van der Waals surface area contributed by atoms with Crippen LogP contribution in [0.15, 0.2) is 30.3 Å². The minimum absolute atomic E-state index is 0.0596. The number of carbonyl (C=O) groups is 2. The van der Waals surface area contributed by atoms with Gasteiger partial charge in [-0.15, -0.1) is 0 Å². The lowest BCUT2D eigenvalue weighted by Crippen LogP contribution is -2.50. The van der Waals surface area contributed by atoms with Crippen molar-refractivity contribution in [2.45, 2.75) is 51.2 Å². The molecule has 0 saturated carbocycles. The molecule has 1 aromatic rings. The van der Waals surface area contributed by atoms with Gasteiger partial charge >= 0.3 is 0 Å². The molecule has 2 heterocycles. The Kier molecular flexibility index (Phi) is 5.74. The van der Waals surface area contributed by atoms with Gasteiger partial charge in [-0.3, -0.25) is 14.5 Å². The van der Waals surface area contributed by atoms with E-state index in [9.17, 15) is 9.59 Å². The number of amides is 2. The van der Waals surface area contributed by atoms with Gasteiger partial charge in [0.15, 0.2) is 0 Å². The fraction of sp³-hybridized carbons (Fsp3) is 0.600. The number of carbonyl (C=O) groups excluding carboxylic acids is 2. The highest BCUT2D eigenvalue weighted by molar-refractivity contribution is 5.84. The van der Waals surface area contributed by atoms with Crippen LogP contribution >= 0.6 is 0 Å². The normalized spacial score (nSPS) is 23.8. The van der Waals surface area contributed by atoms with E-state index in [0.29, 0.717) is 12.1 Å². The molecule has 0 bridgehead atoms. The molecule has 25 heavy (non-hydrogen) atoms. The summed E-state index contributed by atoms with van der Waals surface area (Å²) in [5.41, 5.74) is 1.33. The Bertz CT molecular complexity index is 604. The number of hydrogen-bond acceptors (Lipinski definition) is 3. The first kappa shape index (κ1) is 17.9. The largest absolute Gasteiger partial charge is 0.337 e. The summed E-state index contributed by atoms with van der Waals surface area (Å²) in [5.74, 6) is 0.0300. The van der Waals surface area contributed by atoms with Crippen LogP contribution in [0.25, 0.3) is 0 Å². The quantitative estimate of drug-likeness (QED) is 0.823. The maximum atomic E-state index is 12.7. The molecular formula is C20H29N3O2. The molecule has 2 atom stereocenters. The summed E-state index contributed by atoms with van der Waals surface area (Å²) in [6.45, 7) is 4.58. The van der Waals surface area contributed by atoms with Crippen LogP contribution in [0.5, 0.6) is 0 Å². The minimum atomic E-state index is -0.0596. The highest BCUT2D eigenvalue weighted by atomic mass is 16.2. The molecule has 2 amide bonds. The van der Waals surface area contributed by atoms with Gasteiger partial charge in [0.1, 0.15) is 0 Å². The van der Waals surface area contributed by atoms with Gasteiger partial charge in [0, 0.05) is 39.1 Å². The van der Waals surface area contributed by atoms with Gasteiger partial charge in [-0.25, -0.2) is 0 Å². The van der Waals surface area contributed by atoms with Crippen LogP contribution in [0.3, 0.4) is 0 Å². The second-order valence-electron chi connectivity index (χ2n) is 7.34. The molecule has 0 aromatic heterocycles. The van der Waals surface area contributed by atoms with E-state index in [-0.39, 0.29) is 18.4 Å². The zero-order chi connectivity index (χ0) is 17.8. The third-order valence-corrected chi connectivity index (χ3v) is 5.62. The van der Waals surface area contributed by atoms with Gasteiger partial charge in [-0.05, 0) is 37.8 Å². The van der Waals surface area contributed by atoms with E-state index in [1.165, 1.54) is 23.8 Å². The fourth-order valence-electron chi connectivity index (χ4n) is 4.21. The average Bonchev–Trinajstić information content (AvgIpc) is 3.24. The third kappa shape index (κ3) is 4.21. The predicted molar refractivity (Wildman–Crippen MR) is 97.9 cm³/mol. The maximum Gasteiger partial charge on any atom is 0.242 e. The second-order valence-corrected chi connectivity index (χ2v) is 7.34. The predicted octanol–water partition coefficient (Wildman–Crippen LogP) is 2.12. The van der Waals surface area contributed by atoms with Gasteiger partial charge in [0.25, 0.3) is 0 Å². The van der Waals surface area contributed by atoms with E-state index >= 15 is 0 Å². The molecule has 2 aliphatic heterocycles. The lowest BCUT2D eigenvalue weighted by atomic mass is 10.0. The molecule has 0 spiro atoms. The molecule has 5 nitrogen and oxygen atoms in total. The Balaban J connectivity index is 1.66. The highest BCUT2D eigenvalue weighted by Crippen LogP contribution is 2.31. The fourth-order valence-corrected chi connectivity index (χ4v) is 4.21. The van der Waals surface area contributed by atoms with Crippen molar-refractivity contribution in [3.05, 3.63) is 35.9 Å². The Labute approximate surface area is 150 Å². The van der Waals surface area contributed by atoms with E-state index in [4.69, 9.17) is 0 Å². The first-order chi connectivity index (χ1) is 12.1. The topological polar surface area (TPSA) is 43.9 Å². The van der Waals surface area contributed by atoms with Gasteiger partial charge in [-0.2, -0.15) is 0 Å². The first-order valence-electron chi connectivity index (χ1n) is 9.35. The number of likely N-dealkylation sites (tertiary alicyclic amines) is 2. The highest BCUT2D eigenvalue weighted by Gasteiger charge is 2.39. The van der Waals surface area contributed by atoms with Crippen LogP contribution in [0.2, 0.25) is 0 Å². The third-order valence-electron chi connectivity index (χ3n) is 5.62. The molecule has 1 aromatic carbocycles. The van der Waals surface area contributed by atoms with Gasteiger partial charge in [0.2, 0.25) is 11.8 Å². The monoisotopic (exact) mass is 343 g/mol. The minimum Gasteiger partial charge on any atom is -0.337 e. The van der Waals surface area contributed by atoms with Crippen molar-refractivity contribution in [2.75, 3.05) is 26.7 Å². The van der Waals surface area contributed by atoms with E-state index < -0.39 is 0 Å². The summed E-state index contributed by atoms with van der Waals surface area (Å²) in [4.78, 5) is 30.2. The number of rotatable bonds is 5. The van der Waals surface area contributed by atoms with Crippen molar-refractivity contribution in [1.82, 2.24) is 14.7 Å². The Morgan fingerprint density at radius 3 is 2.48 bits per heavy atom. The summed E-state index contributed by atoms with van der Waals surface area (Å²) in [6.07, 6.45) is 4.49. The molecule has 2 aliphatic rings. The maximum absolute atomic E-state index is 12.7. The molecule has 3 rings (SSSR count). The van der Waals surface area contributed by atoms with Crippen molar-refractivity contribution in [3.8, 4) is 0 Å². The molecule has 5 heteroatoms. The summed E-state index contributed by atoms with van der Waals surface area (Å²) in [6, 6.07) is 11.3. The summed E-state index contributed by atoms with van der Waals surface area (Å²) in [7, 11) is 1.70. The van der Waals surface area contributed by atoms with E-state index in [0.717, 1.165) is 38.9 Å². The molecular weight excluding hydrogens is 314 g/mol. The Morgan fingerprint density at radius 2 is 1.76 bits per heavy atom. The molecule has 0 N–H and O–H groups in total. The van der Waals surface area contributed by atoms with Crippen molar-refractivity contribution in [3.63, 3.8) is 0 Å². The molecule has 0 radical (unpaired) electrons.